The summed E-state index contributed by atoms with van der Waals surface area (Å²) in [6.45, 7) is 0. The maximum absolute atomic E-state index is 12.9. The van der Waals surface area contributed by atoms with Crippen LogP contribution in [0, 0.1) is 0 Å². The Hall–Kier alpha value is -1.79. The van der Waals surface area contributed by atoms with Gasteiger partial charge in [-0.05, 0) is 36.1 Å². The molecular weight excluding hydrogens is 264 g/mol. The number of alkyl halides is 4. The standard InChI is InChI=1S/C12H12F4N2O/c13-10(14)12(15,16)11(19)18-9-4-1-6-5-7(17)2-3-8(6)9/h2-3,5,9-10H,1,4,17H2,(H,18,19). The van der Waals surface area contributed by atoms with Gasteiger partial charge in [-0.2, -0.15) is 8.78 Å². The van der Waals surface area contributed by atoms with Crippen LogP contribution in [0.15, 0.2) is 18.2 Å². The number of anilines is 1. The highest BCUT2D eigenvalue weighted by Gasteiger charge is 2.49. The summed E-state index contributed by atoms with van der Waals surface area (Å²) in [5.41, 5.74) is 7.60. The summed E-state index contributed by atoms with van der Waals surface area (Å²) >= 11 is 0. The van der Waals surface area contributed by atoms with Crippen molar-refractivity contribution in [2.75, 3.05) is 5.73 Å². The minimum Gasteiger partial charge on any atom is -0.399 e. The number of amides is 1. The van der Waals surface area contributed by atoms with E-state index < -0.39 is 24.3 Å². The van der Waals surface area contributed by atoms with Gasteiger partial charge in [0.15, 0.2) is 0 Å². The van der Waals surface area contributed by atoms with Gasteiger partial charge in [-0.15, -0.1) is 0 Å². The summed E-state index contributed by atoms with van der Waals surface area (Å²) in [6, 6.07) is 4.21. The van der Waals surface area contributed by atoms with E-state index >= 15 is 0 Å². The summed E-state index contributed by atoms with van der Waals surface area (Å²) in [6.07, 6.45) is -3.06. The van der Waals surface area contributed by atoms with Crippen molar-refractivity contribution in [1.29, 1.82) is 0 Å². The molecule has 0 saturated heterocycles. The molecule has 0 aliphatic heterocycles. The van der Waals surface area contributed by atoms with Crippen LogP contribution < -0.4 is 11.1 Å². The van der Waals surface area contributed by atoms with Crippen molar-refractivity contribution in [3.8, 4) is 0 Å². The average molecular weight is 276 g/mol. The van der Waals surface area contributed by atoms with Gasteiger partial charge >= 0.3 is 12.3 Å². The number of halogens is 4. The first-order chi connectivity index (χ1) is 8.82. The van der Waals surface area contributed by atoms with E-state index in [1.54, 1.807) is 18.2 Å². The fourth-order valence-corrected chi connectivity index (χ4v) is 2.14. The number of aryl methyl sites for hydroxylation is 1. The van der Waals surface area contributed by atoms with Crippen molar-refractivity contribution in [1.82, 2.24) is 5.32 Å². The molecule has 3 N–H and O–H groups in total. The van der Waals surface area contributed by atoms with Gasteiger partial charge in [0.1, 0.15) is 0 Å². The quantitative estimate of drug-likeness (QED) is 0.657. The second kappa shape index (κ2) is 4.71. The lowest BCUT2D eigenvalue weighted by atomic mass is 10.1. The van der Waals surface area contributed by atoms with E-state index in [2.05, 4.69) is 0 Å². The Morgan fingerprint density at radius 3 is 2.74 bits per heavy atom. The first-order valence-corrected chi connectivity index (χ1v) is 5.67. The topological polar surface area (TPSA) is 55.1 Å². The van der Waals surface area contributed by atoms with Crippen LogP contribution in [-0.2, 0) is 11.2 Å². The van der Waals surface area contributed by atoms with E-state index in [9.17, 15) is 22.4 Å². The number of fused-ring (bicyclic) bond motifs is 1. The molecule has 2 rings (SSSR count). The molecule has 19 heavy (non-hydrogen) atoms. The van der Waals surface area contributed by atoms with Crippen LogP contribution >= 0.6 is 0 Å². The number of nitrogens with two attached hydrogens (primary N) is 1. The highest BCUT2D eigenvalue weighted by Crippen LogP contribution is 2.33. The van der Waals surface area contributed by atoms with Gasteiger partial charge in [0.25, 0.3) is 5.91 Å². The third-order valence-corrected chi connectivity index (χ3v) is 3.13. The van der Waals surface area contributed by atoms with Crippen LogP contribution in [0.2, 0.25) is 0 Å². The normalized spacial score (nSPS) is 18.5. The van der Waals surface area contributed by atoms with Crippen molar-refractivity contribution >= 4 is 11.6 Å². The Morgan fingerprint density at radius 1 is 1.42 bits per heavy atom. The molecule has 1 unspecified atom stereocenters. The van der Waals surface area contributed by atoms with Gasteiger partial charge in [-0.25, -0.2) is 8.78 Å². The molecule has 104 valence electrons. The number of hydrogen-bond donors (Lipinski definition) is 2. The molecule has 0 aromatic heterocycles. The summed E-state index contributed by atoms with van der Waals surface area (Å²) in [7, 11) is 0. The third-order valence-electron chi connectivity index (χ3n) is 3.13. The first-order valence-electron chi connectivity index (χ1n) is 5.67. The molecule has 3 nitrogen and oxygen atoms in total. The van der Waals surface area contributed by atoms with Crippen molar-refractivity contribution in [3.05, 3.63) is 29.3 Å². The number of hydrogen-bond acceptors (Lipinski definition) is 2. The van der Waals surface area contributed by atoms with Gasteiger partial charge in [-0.3, -0.25) is 4.79 Å². The summed E-state index contributed by atoms with van der Waals surface area (Å²) in [4.78, 5) is 11.2. The van der Waals surface area contributed by atoms with Crippen molar-refractivity contribution in [2.45, 2.75) is 31.2 Å². The van der Waals surface area contributed by atoms with Gasteiger partial charge in [0.2, 0.25) is 0 Å². The molecule has 1 amide bonds. The molecule has 0 radical (unpaired) electrons. The Balaban J connectivity index is 2.13. The smallest absolute Gasteiger partial charge is 0.383 e. The molecule has 1 aromatic carbocycles. The maximum Gasteiger partial charge on any atom is 0.383 e. The van der Waals surface area contributed by atoms with Crippen molar-refractivity contribution in [2.24, 2.45) is 0 Å². The van der Waals surface area contributed by atoms with Crippen LogP contribution in [0.25, 0.3) is 0 Å². The van der Waals surface area contributed by atoms with E-state index in [-0.39, 0.29) is 0 Å². The molecule has 1 aliphatic carbocycles. The molecule has 0 bridgehead atoms. The average Bonchev–Trinajstić information content (AvgIpc) is 2.71. The van der Waals surface area contributed by atoms with E-state index in [0.717, 1.165) is 5.56 Å². The van der Waals surface area contributed by atoms with Crippen LogP contribution in [0.3, 0.4) is 0 Å². The Morgan fingerprint density at radius 2 is 2.11 bits per heavy atom. The first kappa shape index (κ1) is 13.6. The monoisotopic (exact) mass is 276 g/mol. The zero-order valence-corrected chi connectivity index (χ0v) is 9.80. The summed E-state index contributed by atoms with van der Waals surface area (Å²) in [5.74, 6) is -6.62. The molecule has 0 saturated carbocycles. The molecule has 1 aliphatic rings. The van der Waals surface area contributed by atoms with Gasteiger partial charge in [0.05, 0.1) is 6.04 Å². The van der Waals surface area contributed by atoms with E-state index in [1.165, 1.54) is 0 Å². The number of carbonyl (C=O) groups excluding carboxylic acids is 1. The highest BCUT2D eigenvalue weighted by atomic mass is 19.3. The lowest BCUT2D eigenvalue weighted by molar-refractivity contribution is -0.170. The highest BCUT2D eigenvalue weighted by molar-refractivity contribution is 5.84. The molecule has 1 aromatic rings. The summed E-state index contributed by atoms with van der Waals surface area (Å²) < 4.78 is 49.8. The Bertz CT molecular complexity index is 505. The lowest BCUT2D eigenvalue weighted by Crippen LogP contribution is -2.46. The summed E-state index contributed by atoms with van der Waals surface area (Å²) in [5, 5.41) is 1.97. The Kier molecular flexibility index (Phi) is 3.38. The molecule has 1 atom stereocenters. The van der Waals surface area contributed by atoms with Crippen LogP contribution in [-0.4, -0.2) is 18.3 Å². The molecular formula is C12H12F4N2O. The van der Waals surface area contributed by atoms with Crippen molar-refractivity contribution in [3.63, 3.8) is 0 Å². The van der Waals surface area contributed by atoms with Gasteiger partial charge in [-0.1, -0.05) is 6.07 Å². The molecule has 7 heteroatoms. The van der Waals surface area contributed by atoms with Crippen molar-refractivity contribution < 1.29 is 22.4 Å². The number of carbonyl (C=O) groups is 1. The zero-order chi connectivity index (χ0) is 14.2. The van der Waals surface area contributed by atoms with Crippen LogP contribution in [0.5, 0.6) is 0 Å². The maximum atomic E-state index is 12.9. The molecule has 0 heterocycles. The van der Waals surface area contributed by atoms with Crippen LogP contribution in [0.4, 0.5) is 23.2 Å². The van der Waals surface area contributed by atoms with E-state index in [4.69, 9.17) is 5.73 Å². The second-order valence-corrected chi connectivity index (χ2v) is 4.45. The Labute approximate surface area is 106 Å². The largest absolute Gasteiger partial charge is 0.399 e. The minimum atomic E-state index is -4.67. The predicted octanol–water partition coefficient (Wildman–Crippen LogP) is 2.27. The number of nitrogen functional groups attached to an aromatic ring is 1. The van der Waals surface area contributed by atoms with E-state index in [1.807, 2.05) is 5.32 Å². The van der Waals surface area contributed by atoms with Crippen LogP contribution in [0.1, 0.15) is 23.6 Å². The molecule has 0 spiro atoms. The minimum absolute atomic E-state index is 0.393. The number of benzene rings is 1. The fourth-order valence-electron chi connectivity index (χ4n) is 2.14. The number of nitrogens with one attached hydrogen (secondary N) is 1. The predicted molar refractivity (Wildman–Crippen MR) is 61.0 cm³/mol. The fraction of sp³-hybridized carbons (Fsp3) is 0.417. The third kappa shape index (κ3) is 2.50. The van der Waals surface area contributed by atoms with E-state index in [0.29, 0.717) is 24.1 Å². The second-order valence-electron chi connectivity index (χ2n) is 4.45. The number of rotatable bonds is 3. The van der Waals surface area contributed by atoms with Gasteiger partial charge in [0, 0.05) is 5.69 Å². The lowest BCUT2D eigenvalue weighted by Gasteiger charge is -2.19. The SMILES string of the molecule is Nc1ccc2c(c1)CCC2NC(=O)C(F)(F)C(F)F. The molecule has 0 fully saturated rings. The zero-order valence-electron chi connectivity index (χ0n) is 9.80. The van der Waals surface area contributed by atoms with Gasteiger partial charge < -0.3 is 11.1 Å².